The summed E-state index contributed by atoms with van der Waals surface area (Å²) < 4.78 is 1.48. The number of rotatable bonds is 5. The Balaban J connectivity index is 2.03. The number of amides is 2. The highest BCUT2D eigenvalue weighted by Gasteiger charge is 2.20. The lowest BCUT2D eigenvalue weighted by Crippen LogP contribution is -2.24. The standard InChI is InChI=1S/C10H12N6O2S2/c1-5(20-10-13-14-15-16(10)2)8(18)12-9-6(7(11)17)3-4-19-9/h3-5H,1-2H3,(H2,11,17)(H,12,18). The van der Waals surface area contributed by atoms with Crippen LogP contribution in [0.5, 0.6) is 0 Å². The van der Waals surface area contributed by atoms with Gasteiger partial charge in [-0.3, -0.25) is 9.59 Å². The number of nitrogens with one attached hydrogen (secondary N) is 1. The Bertz CT molecular complexity index is 637. The minimum absolute atomic E-state index is 0.247. The molecular weight excluding hydrogens is 300 g/mol. The van der Waals surface area contributed by atoms with E-state index in [4.69, 9.17) is 5.73 Å². The van der Waals surface area contributed by atoms with Crippen molar-refractivity contribution >= 4 is 39.9 Å². The molecule has 106 valence electrons. The first-order valence-corrected chi connectivity index (χ1v) is 7.32. The number of hydrogen-bond acceptors (Lipinski definition) is 7. The van der Waals surface area contributed by atoms with Gasteiger partial charge in [0.15, 0.2) is 0 Å². The zero-order chi connectivity index (χ0) is 14.7. The molecule has 10 heteroatoms. The van der Waals surface area contributed by atoms with E-state index >= 15 is 0 Å². The minimum atomic E-state index is -0.570. The molecular formula is C10H12N6O2S2. The van der Waals surface area contributed by atoms with Crippen LogP contribution in [0.4, 0.5) is 5.00 Å². The molecule has 0 fully saturated rings. The molecule has 0 radical (unpaired) electrons. The Morgan fingerprint density at radius 3 is 2.90 bits per heavy atom. The molecule has 8 nitrogen and oxygen atoms in total. The van der Waals surface area contributed by atoms with Gasteiger partial charge in [0.2, 0.25) is 11.1 Å². The van der Waals surface area contributed by atoms with Crippen molar-refractivity contribution in [3.8, 4) is 0 Å². The number of hydrogen-bond donors (Lipinski definition) is 2. The molecule has 3 N–H and O–H groups in total. The van der Waals surface area contributed by atoms with Gasteiger partial charge in [-0.1, -0.05) is 11.8 Å². The van der Waals surface area contributed by atoms with Gasteiger partial charge in [-0.2, -0.15) is 0 Å². The summed E-state index contributed by atoms with van der Waals surface area (Å²) in [6.45, 7) is 1.73. The van der Waals surface area contributed by atoms with Crippen molar-refractivity contribution in [2.75, 3.05) is 5.32 Å². The highest BCUT2D eigenvalue weighted by Crippen LogP contribution is 2.25. The van der Waals surface area contributed by atoms with E-state index in [0.29, 0.717) is 15.7 Å². The number of carbonyl (C=O) groups is 2. The number of nitrogens with zero attached hydrogens (tertiary/aromatic N) is 4. The highest BCUT2D eigenvalue weighted by molar-refractivity contribution is 8.00. The average molecular weight is 312 g/mol. The van der Waals surface area contributed by atoms with Gasteiger partial charge in [-0.15, -0.1) is 16.4 Å². The van der Waals surface area contributed by atoms with Gasteiger partial charge in [0.25, 0.3) is 5.91 Å². The largest absolute Gasteiger partial charge is 0.366 e. The van der Waals surface area contributed by atoms with E-state index in [1.165, 1.54) is 27.8 Å². The highest BCUT2D eigenvalue weighted by atomic mass is 32.2. The van der Waals surface area contributed by atoms with Crippen molar-refractivity contribution in [1.29, 1.82) is 0 Å². The van der Waals surface area contributed by atoms with Crippen LogP contribution in [-0.4, -0.2) is 37.3 Å². The van der Waals surface area contributed by atoms with Gasteiger partial charge >= 0.3 is 0 Å². The van der Waals surface area contributed by atoms with Crippen molar-refractivity contribution < 1.29 is 9.59 Å². The molecule has 0 spiro atoms. The van der Waals surface area contributed by atoms with Crippen LogP contribution in [0.3, 0.4) is 0 Å². The van der Waals surface area contributed by atoms with Crippen molar-refractivity contribution in [1.82, 2.24) is 20.2 Å². The lowest BCUT2D eigenvalue weighted by molar-refractivity contribution is -0.115. The maximum atomic E-state index is 12.1. The molecule has 1 unspecified atom stereocenters. The maximum Gasteiger partial charge on any atom is 0.251 e. The Hall–Kier alpha value is -1.94. The molecule has 2 heterocycles. The molecule has 0 aromatic carbocycles. The number of thiophene rings is 1. The Morgan fingerprint density at radius 1 is 1.55 bits per heavy atom. The number of tetrazole rings is 1. The van der Waals surface area contributed by atoms with Crippen molar-refractivity contribution in [3.05, 3.63) is 17.0 Å². The summed E-state index contributed by atoms with van der Waals surface area (Å²) >= 11 is 2.47. The normalized spacial score (nSPS) is 12.1. The van der Waals surface area contributed by atoms with Gasteiger partial charge < -0.3 is 11.1 Å². The molecule has 0 saturated heterocycles. The van der Waals surface area contributed by atoms with E-state index in [9.17, 15) is 9.59 Å². The second-order valence-electron chi connectivity index (χ2n) is 3.86. The van der Waals surface area contributed by atoms with Crippen LogP contribution >= 0.6 is 23.1 Å². The van der Waals surface area contributed by atoms with Gasteiger partial charge in [-0.05, 0) is 28.8 Å². The monoisotopic (exact) mass is 312 g/mol. The first-order chi connectivity index (χ1) is 9.49. The predicted molar refractivity (Wildman–Crippen MR) is 75.6 cm³/mol. The topological polar surface area (TPSA) is 116 Å². The zero-order valence-corrected chi connectivity index (χ0v) is 12.4. The lowest BCUT2D eigenvalue weighted by atomic mass is 10.3. The van der Waals surface area contributed by atoms with Crippen LogP contribution in [0.25, 0.3) is 0 Å². The van der Waals surface area contributed by atoms with E-state index in [2.05, 4.69) is 20.8 Å². The minimum Gasteiger partial charge on any atom is -0.366 e. The molecule has 0 aliphatic heterocycles. The van der Waals surface area contributed by atoms with Gasteiger partial charge in [0.05, 0.1) is 10.8 Å². The maximum absolute atomic E-state index is 12.1. The fourth-order valence-corrected chi connectivity index (χ4v) is 2.90. The summed E-state index contributed by atoms with van der Waals surface area (Å²) in [5, 5.41) is 15.9. The number of aromatic nitrogens is 4. The number of nitrogens with two attached hydrogens (primary N) is 1. The summed E-state index contributed by atoms with van der Waals surface area (Å²) in [5.41, 5.74) is 5.53. The second kappa shape index (κ2) is 6.01. The Labute approximate surface area is 122 Å². The average Bonchev–Trinajstić information content (AvgIpc) is 2.99. The van der Waals surface area contributed by atoms with E-state index < -0.39 is 11.2 Å². The van der Waals surface area contributed by atoms with Crippen LogP contribution in [0, 0.1) is 0 Å². The van der Waals surface area contributed by atoms with E-state index in [-0.39, 0.29) is 5.91 Å². The van der Waals surface area contributed by atoms with Gasteiger partial charge in [0.1, 0.15) is 5.00 Å². The molecule has 0 bridgehead atoms. The summed E-state index contributed by atoms with van der Waals surface area (Å²) in [6.07, 6.45) is 0. The van der Waals surface area contributed by atoms with Crippen molar-refractivity contribution in [3.63, 3.8) is 0 Å². The van der Waals surface area contributed by atoms with E-state index in [0.717, 1.165) is 0 Å². The molecule has 2 aromatic rings. The quantitative estimate of drug-likeness (QED) is 0.776. The molecule has 1 atom stereocenters. The molecule has 20 heavy (non-hydrogen) atoms. The van der Waals surface area contributed by atoms with Gasteiger partial charge in [-0.25, -0.2) is 4.68 Å². The Kier molecular flexibility index (Phi) is 4.35. The van der Waals surface area contributed by atoms with E-state index in [1.54, 1.807) is 25.4 Å². The van der Waals surface area contributed by atoms with Crippen molar-refractivity contribution in [2.24, 2.45) is 12.8 Å². The fraction of sp³-hybridized carbons (Fsp3) is 0.300. The second-order valence-corrected chi connectivity index (χ2v) is 6.09. The number of primary amides is 1. The number of aryl methyl sites for hydroxylation is 1. The lowest BCUT2D eigenvalue weighted by Gasteiger charge is -2.10. The fourth-order valence-electron chi connectivity index (χ4n) is 1.35. The van der Waals surface area contributed by atoms with Crippen LogP contribution in [-0.2, 0) is 11.8 Å². The molecule has 0 saturated carbocycles. The number of carbonyl (C=O) groups excluding carboxylic acids is 2. The molecule has 2 amide bonds. The van der Waals surface area contributed by atoms with Crippen molar-refractivity contribution in [2.45, 2.75) is 17.3 Å². The first kappa shape index (κ1) is 14.5. The SMILES string of the molecule is CC(Sc1nnnn1C)C(=O)Nc1sccc1C(N)=O. The van der Waals surface area contributed by atoms with Crippen LogP contribution in [0.15, 0.2) is 16.6 Å². The molecule has 0 aliphatic carbocycles. The first-order valence-electron chi connectivity index (χ1n) is 5.56. The van der Waals surface area contributed by atoms with Crippen LogP contribution in [0.1, 0.15) is 17.3 Å². The third-order valence-corrected chi connectivity index (χ3v) is 4.35. The van der Waals surface area contributed by atoms with Crippen LogP contribution < -0.4 is 11.1 Å². The Morgan fingerprint density at radius 2 is 2.30 bits per heavy atom. The zero-order valence-electron chi connectivity index (χ0n) is 10.7. The summed E-state index contributed by atoms with van der Waals surface area (Å²) in [7, 11) is 1.69. The summed E-state index contributed by atoms with van der Waals surface area (Å²) in [5.74, 6) is -0.817. The van der Waals surface area contributed by atoms with Crippen LogP contribution in [0.2, 0.25) is 0 Å². The number of thioether (sulfide) groups is 1. The predicted octanol–water partition coefficient (Wildman–Crippen LogP) is 0.490. The molecule has 0 aliphatic rings. The number of anilines is 1. The smallest absolute Gasteiger partial charge is 0.251 e. The molecule has 2 aromatic heterocycles. The third kappa shape index (κ3) is 3.14. The third-order valence-electron chi connectivity index (χ3n) is 2.40. The summed E-state index contributed by atoms with van der Waals surface area (Å²) in [4.78, 5) is 23.2. The van der Waals surface area contributed by atoms with E-state index in [1.807, 2.05) is 0 Å². The summed E-state index contributed by atoms with van der Waals surface area (Å²) in [6, 6.07) is 1.58. The molecule has 2 rings (SSSR count). The van der Waals surface area contributed by atoms with Gasteiger partial charge in [0, 0.05) is 7.05 Å².